The van der Waals surface area contributed by atoms with E-state index >= 15 is 0 Å². The first-order valence-electron chi connectivity index (χ1n) is 8.53. The van der Waals surface area contributed by atoms with Crippen LogP contribution < -0.4 is 4.90 Å². The second-order valence-electron chi connectivity index (χ2n) is 6.35. The van der Waals surface area contributed by atoms with E-state index in [0.717, 1.165) is 38.3 Å². The highest BCUT2D eigenvalue weighted by Gasteiger charge is 2.21. The molecule has 0 saturated carbocycles. The smallest absolute Gasteiger partial charge is 0.272 e. The molecule has 24 heavy (non-hydrogen) atoms. The second-order valence-corrected chi connectivity index (χ2v) is 6.35. The summed E-state index contributed by atoms with van der Waals surface area (Å²) in [5.74, 6) is 1.44. The van der Waals surface area contributed by atoms with Gasteiger partial charge in [0.2, 0.25) is 0 Å². The van der Waals surface area contributed by atoms with Gasteiger partial charge in [0.25, 0.3) is 5.91 Å². The summed E-state index contributed by atoms with van der Waals surface area (Å²) >= 11 is 0. The van der Waals surface area contributed by atoms with E-state index in [4.69, 9.17) is 0 Å². The van der Waals surface area contributed by atoms with Crippen LogP contribution in [0.5, 0.6) is 0 Å². The van der Waals surface area contributed by atoms with Crippen molar-refractivity contribution in [1.82, 2.24) is 14.9 Å². The molecule has 2 aromatic rings. The van der Waals surface area contributed by atoms with Crippen molar-refractivity contribution >= 4 is 11.7 Å². The molecular weight excluding hydrogens is 300 g/mol. The van der Waals surface area contributed by atoms with Gasteiger partial charge < -0.3 is 9.80 Å². The van der Waals surface area contributed by atoms with Crippen LogP contribution in [0, 0.1) is 6.92 Å². The third-order valence-electron chi connectivity index (χ3n) is 4.34. The van der Waals surface area contributed by atoms with Gasteiger partial charge in [-0.25, -0.2) is 9.97 Å². The van der Waals surface area contributed by atoms with Crippen molar-refractivity contribution in [2.75, 3.05) is 25.0 Å². The molecule has 1 amide bonds. The van der Waals surface area contributed by atoms with Crippen molar-refractivity contribution in [3.63, 3.8) is 0 Å². The minimum absolute atomic E-state index is 0.0227. The van der Waals surface area contributed by atoms with Gasteiger partial charge in [-0.05, 0) is 31.7 Å². The zero-order valence-corrected chi connectivity index (χ0v) is 14.4. The third-order valence-corrected chi connectivity index (χ3v) is 4.34. The number of anilines is 1. The maximum atomic E-state index is 12.7. The largest absolute Gasteiger partial charge is 0.355 e. The fourth-order valence-corrected chi connectivity index (χ4v) is 3.05. The van der Waals surface area contributed by atoms with Gasteiger partial charge in [0.05, 0.1) is 0 Å². The number of carbonyl (C=O) groups is 1. The molecule has 126 valence electrons. The molecule has 0 unspecified atom stereocenters. The number of amides is 1. The lowest BCUT2D eigenvalue weighted by Gasteiger charge is -2.27. The predicted octanol–water partition coefficient (Wildman–Crippen LogP) is 3.05. The lowest BCUT2D eigenvalue weighted by atomic mass is 10.1. The first kappa shape index (κ1) is 16.4. The van der Waals surface area contributed by atoms with E-state index in [0.29, 0.717) is 11.5 Å². The van der Waals surface area contributed by atoms with Crippen molar-refractivity contribution in [1.29, 1.82) is 0 Å². The van der Waals surface area contributed by atoms with Gasteiger partial charge in [0.15, 0.2) is 0 Å². The molecule has 0 radical (unpaired) electrons. The molecule has 5 nitrogen and oxygen atoms in total. The molecule has 3 rings (SSSR count). The molecule has 1 saturated heterocycles. The topological polar surface area (TPSA) is 49.3 Å². The molecule has 0 bridgehead atoms. The molecule has 2 heterocycles. The predicted molar refractivity (Wildman–Crippen MR) is 95.1 cm³/mol. The van der Waals surface area contributed by atoms with Crippen LogP contribution >= 0.6 is 0 Å². The Kier molecular flexibility index (Phi) is 5.08. The van der Waals surface area contributed by atoms with Gasteiger partial charge >= 0.3 is 0 Å². The minimum atomic E-state index is 0.0227. The van der Waals surface area contributed by atoms with Crippen LogP contribution in [0.1, 0.15) is 41.1 Å². The Bertz CT molecular complexity index is 696. The molecule has 0 aliphatic carbocycles. The Morgan fingerprint density at radius 2 is 1.83 bits per heavy atom. The molecule has 1 aromatic heterocycles. The highest BCUT2D eigenvalue weighted by atomic mass is 16.2. The third kappa shape index (κ3) is 3.91. The van der Waals surface area contributed by atoms with E-state index in [2.05, 4.69) is 27.0 Å². The molecule has 1 aliphatic rings. The fourth-order valence-electron chi connectivity index (χ4n) is 3.05. The summed E-state index contributed by atoms with van der Waals surface area (Å²) in [4.78, 5) is 25.5. The van der Waals surface area contributed by atoms with Gasteiger partial charge in [-0.3, -0.25) is 4.79 Å². The number of likely N-dealkylation sites (tertiary alicyclic amines) is 1. The van der Waals surface area contributed by atoms with Crippen molar-refractivity contribution < 1.29 is 4.79 Å². The molecule has 0 atom stereocenters. The number of benzene rings is 1. The van der Waals surface area contributed by atoms with Gasteiger partial charge in [0.1, 0.15) is 17.3 Å². The molecule has 0 spiro atoms. The standard InChI is InChI=1S/C19H24N4O/c1-15-20-17(19(24)23-11-7-4-8-12-23)13-18(21-15)22(2)14-16-9-5-3-6-10-16/h3,5-6,9-10,13H,4,7-8,11-12,14H2,1-2H3. The molecule has 5 heteroatoms. The number of piperidine rings is 1. The molecule has 1 aliphatic heterocycles. The van der Waals surface area contributed by atoms with Crippen molar-refractivity contribution in [3.8, 4) is 0 Å². The molecule has 0 N–H and O–H groups in total. The first-order valence-corrected chi connectivity index (χ1v) is 8.53. The number of hydrogen-bond acceptors (Lipinski definition) is 4. The lowest BCUT2D eigenvalue weighted by Crippen LogP contribution is -2.36. The SMILES string of the molecule is Cc1nc(C(=O)N2CCCCC2)cc(N(C)Cc2ccccc2)n1. The molecule has 1 fully saturated rings. The normalized spacial score (nSPS) is 14.5. The minimum Gasteiger partial charge on any atom is -0.355 e. The van der Waals surface area contributed by atoms with Crippen molar-refractivity contribution in [2.45, 2.75) is 32.7 Å². The van der Waals surface area contributed by atoms with Crippen molar-refractivity contribution in [3.05, 3.63) is 53.5 Å². The highest BCUT2D eigenvalue weighted by molar-refractivity contribution is 5.93. The van der Waals surface area contributed by atoms with Crippen LogP contribution in [0.2, 0.25) is 0 Å². The van der Waals surface area contributed by atoms with E-state index in [-0.39, 0.29) is 5.91 Å². The Hall–Kier alpha value is -2.43. The Morgan fingerprint density at radius 3 is 2.54 bits per heavy atom. The number of aromatic nitrogens is 2. The van der Waals surface area contributed by atoms with E-state index in [1.54, 1.807) is 0 Å². The second kappa shape index (κ2) is 7.43. The summed E-state index contributed by atoms with van der Waals surface area (Å²) in [6, 6.07) is 12.1. The van der Waals surface area contributed by atoms with Crippen LogP contribution in [-0.2, 0) is 6.54 Å². The highest BCUT2D eigenvalue weighted by Crippen LogP contribution is 2.17. The van der Waals surface area contributed by atoms with Crippen LogP contribution in [0.25, 0.3) is 0 Å². The van der Waals surface area contributed by atoms with Gasteiger partial charge in [-0.15, -0.1) is 0 Å². The number of nitrogens with zero attached hydrogens (tertiary/aromatic N) is 4. The van der Waals surface area contributed by atoms with Crippen LogP contribution in [0.4, 0.5) is 5.82 Å². The van der Waals surface area contributed by atoms with E-state index < -0.39 is 0 Å². The first-order chi connectivity index (χ1) is 11.6. The molecular formula is C19H24N4O. The maximum Gasteiger partial charge on any atom is 0.272 e. The fraction of sp³-hybridized carbons (Fsp3) is 0.421. The van der Waals surface area contributed by atoms with Crippen LogP contribution in [0.3, 0.4) is 0 Å². The van der Waals surface area contributed by atoms with Crippen molar-refractivity contribution in [2.24, 2.45) is 0 Å². The Balaban J connectivity index is 1.79. The Labute approximate surface area is 143 Å². The zero-order chi connectivity index (χ0) is 16.9. The monoisotopic (exact) mass is 324 g/mol. The number of rotatable bonds is 4. The van der Waals surface area contributed by atoms with Gasteiger partial charge in [-0.2, -0.15) is 0 Å². The van der Waals surface area contributed by atoms with E-state index in [9.17, 15) is 4.79 Å². The summed E-state index contributed by atoms with van der Waals surface area (Å²) in [7, 11) is 1.99. The summed E-state index contributed by atoms with van der Waals surface area (Å²) in [5, 5.41) is 0. The van der Waals surface area contributed by atoms with E-state index in [1.807, 2.05) is 43.1 Å². The summed E-state index contributed by atoms with van der Waals surface area (Å²) in [5.41, 5.74) is 1.71. The average Bonchev–Trinajstić information content (AvgIpc) is 2.62. The van der Waals surface area contributed by atoms with Crippen LogP contribution in [-0.4, -0.2) is 40.9 Å². The number of carbonyl (C=O) groups excluding carboxylic acids is 1. The van der Waals surface area contributed by atoms with Crippen LogP contribution in [0.15, 0.2) is 36.4 Å². The summed E-state index contributed by atoms with van der Waals surface area (Å²) in [6.45, 7) is 4.25. The summed E-state index contributed by atoms with van der Waals surface area (Å²) in [6.07, 6.45) is 3.37. The lowest BCUT2D eigenvalue weighted by molar-refractivity contribution is 0.0718. The maximum absolute atomic E-state index is 12.7. The quantitative estimate of drug-likeness (QED) is 0.867. The van der Waals surface area contributed by atoms with Gasteiger partial charge in [0, 0.05) is 32.7 Å². The zero-order valence-electron chi connectivity index (χ0n) is 14.4. The number of hydrogen-bond donors (Lipinski definition) is 0. The van der Waals surface area contributed by atoms with E-state index in [1.165, 1.54) is 12.0 Å². The number of aryl methyl sites for hydroxylation is 1. The average molecular weight is 324 g/mol. The van der Waals surface area contributed by atoms with Gasteiger partial charge in [-0.1, -0.05) is 30.3 Å². The Morgan fingerprint density at radius 1 is 1.12 bits per heavy atom. The molecule has 1 aromatic carbocycles. The summed E-state index contributed by atoms with van der Waals surface area (Å²) < 4.78 is 0.